The van der Waals surface area contributed by atoms with Gasteiger partial charge in [-0.2, -0.15) is 0 Å². The van der Waals surface area contributed by atoms with Gasteiger partial charge in [-0.05, 0) is 23.2 Å². The molecule has 0 saturated heterocycles. The Hall–Kier alpha value is -1.26. The van der Waals surface area contributed by atoms with Gasteiger partial charge in [-0.15, -0.1) is 0 Å². The molecule has 0 fully saturated rings. The molecule has 0 aliphatic carbocycles. The van der Waals surface area contributed by atoms with Gasteiger partial charge >= 0.3 is 7.12 Å². The van der Waals surface area contributed by atoms with E-state index in [1.54, 1.807) is 7.11 Å². The summed E-state index contributed by atoms with van der Waals surface area (Å²) >= 11 is 0. The maximum absolute atomic E-state index is 9.45. The van der Waals surface area contributed by atoms with E-state index in [1.807, 2.05) is 30.3 Å². The zero-order valence-corrected chi connectivity index (χ0v) is 7.93. The Labute approximate surface area is 83.1 Å². The molecule has 0 spiro atoms. The highest BCUT2D eigenvalue weighted by atomic mass is 16.5. The molecule has 2 rings (SSSR count). The normalized spacial score (nSPS) is 15.6. The lowest BCUT2D eigenvalue weighted by atomic mass is 9.76. The van der Waals surface area contributed by atoms with Gasteiger partial charge in [0.1, 0.15) is 5.75 Å². The van der Waals surface area contributed by atoms with Crippen LogP contribution in [0.15, 0.2) is 30.3 Å². The molecule has 0 saturated carbocycles. The second-order valence-electron chi connectivity index (χ2n) is 3.07. The number of ether oxygens (including phenoxy) is 1. The Bertz CT molecular complexity index is 345. The third-order valence-electron chi connectivity index (χ3n) is 2.25. The summed E-state index contributed by atoms with van der Waals surface area (Å²) in [6, 6.07) is 7.54. The molecule has 0 unspecified atom stereocenters. The predicted molar refractivity (Wildman–Crippen MR) is 54.9 cm³/mol. The minimum absolute atomic E-state index is 0.475. The first-order valence-corrected chi connectivity index (χ1v) is 4.45. The summed E-state index contributed by atoms with van der Waals surface area (Å²) < 4.78 is 10.1. The van der Waals surface area contributed by atoms with E-state index in [9.17, 15) is 5.02 Å². The molecule has 0 radical (unpaired) electrons. The number of rotatable bonds is 2. The van der Waals surface area contributed by atoms with E-state index in [0.29, 0.717) is 6.61 Å². The lowest BCUT2D eigenvalue weighted by Crippen LogP contribution is -2.14. The second kappa shape index (κ2) is 3.86. The molecule has 0 atom stereocenters. The first-order valence-electron chi connectivity index (χ1n) is 4.45. The molecule has 1 N–H and O–H groups in total. The van der Waals surface area contributed by atoms with E-state index >= 15 is 0 Å². The second-order valence-corrected chi connectivity index (χ2v) is 3.07. The van der Waals surface area contributed by atoms with Gasteiger partial charge in [0.25, 0.3) is 0 Å². The van der Waals surface area contributed by atoms with Crippen LogP contribution in [0.1, 0.15) is 5.56 Å². The molecule has 1 aromatic rings. The maximum atomic E-state index is 9.45. The Morgan fingerprint density at radius 2 is 2.07 bits per heavy atom. The van der Waals surface area contributed by atoms with Crippen LogP contribution in [0.25, 0.3) is 5.47 Å². The quantitative estimate of drug-likeness (QED) is 0.710. The molecule has 1 heterocycles. The van der Waals surface area contributed by atoms with Crippen molar-refractivity contribution < 1.29 is 14.4 Å². The summed E-state index contributed by atoms with van der Waals surface area (Å²) in [5.74, 6) is 0.808. The fourth-order valence-electron chi connectivity index (χ4n) is 1.46. The van der Waals surface area contributed by atoms with Crippen molar-refractivity contribution in [3.63, 3.8) is 0 Å². The highest BCUT2D eigenvalue weighted by molar-refractivity contribution is 6.67. The number of benzene rings is 1. The van der Waals surface area contributed by atoms with E-state index in [0.717, 1.165) is 16.8 Å². The Balaban J connectivity index is 2.24. The van der Waals surface area contributed by atoms with Crippen LogP contribution in [0.2, 0.25) is 0 Å². The molecule has 3 nitrogen and oxygen atoms in total. The van der Waals surface area contributed by atoms with Crippen LogP contribution in [0.5, 0.6) is 5.75 Å². The zero-order chi connectivity index (χ0) is 9.97. The van der Waals surface area contributed by atoms with Crippen molar-refractivity contribution in [1.29, 1.82) is 0 Å². The largest absolute Gasteiger partial charge is 0.497 e. The van der Waals surface area contributed by atoms with E-state index in [1.165, 1.54) is 0 Å². The monoisotopic (exact) mass is 190 g/mol. The van der Waals surface area contributed by atoms with Gasteiger partial charge in [-0.3, -0.25) is 0 Å². The average Bonchev–Trinajstić information content (AvgIpc) is 2.65. The fourth-order valence-corrected chi connectivity index (χ4v) is 1.46. The van der Waals surface area contributed by atoms with Gasteiger partial charge in [0.2, 0.25) is 0 Å². The summed E-state index contributed by atoms with van der Waals surface area (Å²) in [7, 11) is 0.838. The first kappa shape index (κ1) is 9.31. The van der Waals surface area contributed by atoms with Crippen LogP contribution < -0.4 is 4.74 Å². The summed E-state index contributed by atoms with van der Waals surface area (Å²) in [6.07, 6.45) is 1.88. The molecule has 0 amide bonds. The molecule has 0 aromatic heterocycles. The van der Waals surface area contributed by atoms with Crippen LogP contribution in [-0.2, 0) is 4.65 Å². The Morgan fingerprint density at radius 1 is 1.36 bits per heavy atom. The van der Waals surface area contributed by atoms with Crippen molar-refractivity contribution in [3.05, 3.63) is 35.9 Å². The lowest BCUT2D eigenvalue weighted by Gasteiger charge is -2.05. The van der Waals surface area contributed by atoms with Gasteiger partial charge in [0, 0.05) is 0 Å². The molecule has 1 aliphatic rings. The Morgan fingerprint density at radius 3 is 2.57 bits per heavy atom. The number of hydrogen-bond donors (Lipinski definition) is 1. The fraction of sp³-hybridized carbons (Fsp3) is 0.200. The zero-order valence-electron chi connectivity index (χ0n) is 7.93. The number of methoxy groups -OCH3 is 1. The van der Waals surface area contributed by atoms with Crippen molar-refractivity contribution in [3.8, 4) is 5.75 Å². The number of hydrogen-bond acceptors (Lipinski definition) is 3. The van der Waals surface area contributed by atoms with Crippen molar-refractivity contribution in [2.24, 2.45) is 0 Å². The summed E-state index contributed by atoms with van der Waals surface area (Å²) in [4.78, 5) is 0. The molecular formula is C10H11BO3. The SMILES string of the molecule is COc1ccc(C2=CCOB2O)cc1. The van der Waals surface area contributed by atoms with Crippen LogP contribution in [0.4, 0.5) is 0 Å². The van der Waals surface area contributed by atoms with E-state index in [4.69, 9.17) is 9.39 Å². The standard InChI is InChI=1S/C10H11BO3/c1-13-9-4-2-8(3-5-9)10-6-7-14-11(10)12/h2-6,12H,7H2,1H3. The third-order valence-corrected chi connectivity index (χ3v) is 2.25. The summed E-state index contributed by atoms with van der Waals surface area (Å²) in [6.45, 7) is 0.475. The average molecular weight is 190 g/mol. The van der Waals surface area contributed by atoms with Gasteiger partial charge in [0.15, 0.2) is 0 Å². The van der Waals surface area contributed by atoms with Crippen molar-refractivity contribution in [2.75, 3.05) is 13.7 Å². The highest BCUT2D eigenvalue weighted by Crippen LogP contribution is 2.23. The van der Waals surface area contributed by atoms with Crippen LogP contribution >= 0.6 is 0 Å². The maximum Gasteiger partial charge on any atom is 0.491 e. The molecule has 72 valence electrons. The third kappa shape index (κ3) is 1.67. The van der Waals surface area contributed by atoms with E-state index < -0.39 is 7.12 Å². The van der Waals surface area contributed by atoms with Gasteiger partial charge in [-0.1, -0.05) is 18.2 Å². The molecule has 0 bridgehead atoms. The molecular weight excluding hydrogens is 179 g/mol. The van der Waals surface area contributed by atoms with Crippen LogP contribution in [-0.4, -0.2) is 25.9 Å². The molecule has 1 aliphatic heterocycles. The molecule has 4 heteroatoms. The molecule has 14 heavy (non-hydrogen) atoms. The minimum Gasteiger partial charge on any atom is -0.497 e. The Kier molecular flexibility index (Phi) is 2.57. The first-order chi connectivity index (χ1) is 6.81. The minimum atomic E-state index is -0.789. The van der Waals surface area contributed by atoms with Crippen molar-refractivity contribution >= 4 is 12.6 Å². The summed E-state index contributed by atoms with van der Waals surface area (Å²) in [5.41, 5.74) is 1.79. The molecule has 1 aromatic carbocycles. The van der Waals surface area contributed by atoms with Gasteiger partial charge in [-0.25, -0.2) is 0 Å². The van der Waals surface area contributed by atoms with E-state index in [2.05, 4.69) is 0 Å². The van der Waals surface area contributed by atoms with Crippen molar-refractivity contribution in [1.82, 2.24) is 0 Å². The highest BCUT2D eigenvalue weighted by Gasteiger charge is 2.25. The van der Waals surface area contributed by atoms with Gasteiger partial charge < -0.3 is 14.4 Å². The van der Waals surface area contributed by atoms with Crippen LogP contribution in [0.3, 0.4) is 0 Å². The van der Waals surface area contributed by atoms with E-state index in [-0.39, 0.29) is 0 Å². The van der Waals surface area contributed by atoms with Gasteiger partial charge in [0.05, 0.1) is 13.7 Å². The summed E-state index contributed by atoms with van der Waals surface area (Å²) in [5, 5.41) is 9.45. The predicted octanol–water partition coefficient (Wildman–Crippen LogP) is 1.13. The smallest absolute Gasteiger partial charge is 0.491 e. The topological polar surface area (TPSA) is 38.7 Å². The van der Waals surface area contributed by atoms with Crippen molar-refractivity contribution in [2.45, 2.75) is 0 Å². The van der Waals surface area contributed by atoms with Crippen LogP contribution in [0, 0.1) is 0 Å². The lowest BCUT2D eigenvalue weighted by molar-refractivity contribution is 0.316.